The van der Waals surface area contributed by atoms with Crippen molar-refractivity contribution in [1.82, 2.24) is 9.13 Å². The van der Waals surface area contributed by atoms with Gasteiger partial charge in [-0.1, -0.05) is 119 Å². The molecule has 0 aliphatic heterocycles. The van der Waals surface area contributed by atoms with Crippen LogP contribution in [0.15, 0.2) is 182 Å². The van der Waals surface area contributed by atoms with Gasteiger partial charge in [0.25, 0.3) is 0 Å². The summed E-state index contributed by atoms with van der Waals surface area (Å²) in [6, 6.07) is 56.5. The summed E-state index contributed by atoms with van der Waals surface area (Å²) >= 11 is 0. The molecule has 2 nitrogen and oxygen atoms in total. The fraction of sp³-hybridized carbons (Fsp3) is 0.143. The van der Waals surface area contributed by atoms with E-state index in [2.05, 4.69) is 125 Å². The Bertz CT molecular complexity index is 3940. The summed E-state index contributed by atoms with van der Waals surface area (Å²) in [6.45, 7) is 16.4. The predicted octanol–water partition coefficient (Wildman–Crippen LogP) is 20.7. The molecule has 2 heterocycles. The minimum atomic E-state index is -5.02. The Kier molecular flexibility index (Phi) is 11.9. The van der Waals surface area contributed by atoms with Crippen LogP contribution in [0.1, 0.15) is 55.6 Å². The maximum atomic E-state index is 15.6. The second-order valence-electron chi connectivity index (χ2n) is 21.3. The molecule has 12 rings (SSSR count). The Balaban J connectivity index is 1.10. The van der Waals surface area contributed by atoms with Crippen LogP contribution in [0, 0.1) is 55.4 Å². The second kappa shape index (κ2) is 18.5. The van der Waals surface area contributed by atoms with Gasteiger partial charge in [-0.3, -0.25) is 0 Å². The smallest absolute Gasteiger partial charge is 0.309 e. The molecule has 2 aromatic heterocycles. The fourth-order valence-electron chi connectivity index (χ4n) is 12.1. The topological polar surface area (TPSA) is 9.86 Å². The van der Waals surface area contributed by atoms with Crippen LogP contribution in [0.5, 0.6) is 0 Å². The highest BCUT2D eigenvalue weighted by Crippen LogP contribution is 2.47. The van der Waals surface area contributed by atoms with Gasteiger partial charge >= 0.3 is 12.4 Å². The van der Waals surface area contributed by atoms with Gasteiger partial charge in [0.2, 0.25) is 0 Å². The van der Waals surface area contributed by atoms with Crippen molar-refractivity contribution in [1.29, 1.82) is 0 Å². The lowest BCUT2D eigenvalue weighted by Crippen LogP contribution is -2.12. The number of aryl methyl sites for hydroxylation is 8. The molecule has 10 aromatic carbocycles. The minimum absolute atomic E-state index is 0.282. The Morgan fingerprint density at radius 2 is 0.513 bits per heavy atom. The first kappa shape index (κ1) is 50.2. The van der Waals surface area contributed by atoms with Gasteiger partial charge in [-0.25, -0.2) is 0 Å². The molecule has 0 saturated carbocycles. The minimum Gasteiger partial charge on any atom is -0.309 e. The first-order valence-electron chi connectivity index (χ1n) is 26.1. The molecule has 0 atom stereocenters. The van der Waals surface area contributed by atoms with Crippen LogP contribution in [0.3, 0.4) is 0 Å². The van der Waals surface area contributed by atoms with Gasteiger partial charge in [0.05, 0.1) is 33.2 Å². The van der Waals surface area contributed by atoms with Crippen LogP contribution in [0.4, 0.5) is 26.3 Å². The molecule has 0 spiro atoms. The van der Waals surface area contributed by atoms with Gasteiger partial charge in [-0.05, 0) is 218 Å². The Hall–Kier alpha value is -8.62. The van der Waals surface area contributed by atoms with E-state index in [1.54, 1.807) is 0 Å². The summed E-state index contributed by atoms with van der Waals surface area (Å²) in [5.41, 5.74) is 16.7. The molecule has 0 bridgehead atoms. The van der Waals surface area contributed by atoms with E-state index >= 15 is 26.3 Å². The van der Waals surface area contributed by atoms with Crippen LogP contribution in [-0.2, 0) is 12.4 Å². The summed E-state index contributed by atoms with van der Waals surface area (Å²) < 4.78 is 97.5. The molecular weight excluding hydrogens is 983 g/mol. The van der Waals surface area contributed by atoms with Gasteiger partial charge in [0.15, 0.2) is 0 Å². The van der Waals surface area contributed by atoms with Crippen molar-refractivity contribution >= 4 is 43.6 Å². The lowest BCUT2D eigenvalue weighted by molar-refractivity contribution is -0.139. The van der Waals surface area contributed by atoms with Crippen LogP contribution in [0.2, 0.25) is 0 Å². The standard InChI is InChI=1S/C70H54F6N2/c1-39-9-19-53(43(5)29-39)47-13-25-65-59(33-47)60-34-48(54-20-10-40(2)30-44(54)6)14-26-66(60)77(65)51-17-23-63(69(71,72)73)57(37-51)58-38-52(18-24-64(58)70(74,75)76)78-67-27-15-49(55-21-11-41(3)31-45(55)7)35-61(67)62-36-50(16-28-68(62)78)56-22-12-42(4)32-46(56)8/h9-38H,1-8H3. The Labute approximate surface area is 449 Å². The van der Waals surface area contributed by atoms with Crippen molar-refractivity contribution in [3.63, 3.8) is 0 Å². The van der Waals surface area contributed by atoms with E-state index in [0.29, 0.717) is 22.1 Å². The van der Waals surface area contributed by atoms with Crippen molar-refractivity contribution in [3.8, 4) is 67.0 Å². The molecule has 0 radical (unpaired) electrons. The largest absolute Gasteiger partial charge is 0.417 e. The van der Waals surface area contributed by atoms with Gasteiger partial charge in [0, 0.05) is 32.9 Å². The van der Waals surface area contributed by atoms with Gasteiger partial charge in [0.1, 0.15) is 0 Å². The molecule has 0 aliphatic carbocycles. The van der Waals surface area contributed by atoms with E-state index in [-0.39, 0.29) is 11.4 Å². The molecule has 12 aromatic rings. The first-order valence-corrected chi connectivity index (χ1v) is 26.1. The maximum absolute atomic E-state index is 15.6. The third-order valence-electron chi connectivity index (χ3n) is 15.7. The van der Waals surface area contributed by atoms with Crippen molar-refractivity contribution in [2.45, 2.75) is 67.7 Å². The van der Waals surface area contributed by atoms with E-state index in [1.807, 2.05) is 85.4 Å². The average Bonchev–Trinajstić information content (AvgIpc) is 3.98. The average molecular weight is 1040 g/mol. The monoisotopic (exact) mass is 1040 g/mol. The lowest BCUT2D eigenvalue weighted by Gasteiger charge is -2.21. The summed E-state index contributed by atoms with van der Waals surface area (Å²) in [6.07, 6.45) is -10.0. The van der Waals surface area contributed by atoms with Gasteiger partial charge in [-0.2, -0.15) is 26.3 Å². The lowest BCUT2D eigenvalue weighted by atomic mass is 9.93. The zero-order valence-corrected chi connectivity index (χ0v) is 44.5. The predicted molar refractivity (Wildman–Crippen MR) is 310 cm³/mol. The van der Waals surface area contributed by atoms with Crippen LogP contribution < -0.4 is 0 Å². The van der Waals surface area contributed by atoms with E-state index in [9.17, 15) is 0 Å². The van der Waals surface area contributed by atoms with Crippen molar-refractivity contribution in [3.05, 3.63) is 238 Å². The summed E-state index contributed by atoms with van der Waals surface area (Å²) in [5.74, 6) is 0. The molecule has 0 fully saturated rings. The van der Waals surface area contributed by atoms with E-state index in [1.165, 1.54) is 24.3 Å². The molecule has 78 heavy (non-hydrogen) atoms. The number of halogens is 6. The van der Waals surface area contributed by atoms with Crippen molar-refractivity contribution < 1.29 is 26.3 Å². The van der Waals surface area contributed by atoms with E-state index in [0.717, 1.165) is 123 Å². The summed E-state index contributed by atoms with van der Waals surface area (Å²) in [5, 5.41) is 3.39. The van der Waals surface area contributed by atoms with Crippen molar-refractivity contribution in [2.75, 3.05) is 0 Å². The summed E-state index contributed by atoms with van der Waals surface area (Å²) in [4.78, 5) is 0. The third kappa shape index (κ3) is 8.64. The fourth-order valence-corrected chi connectivity index (χ4v) is 12.1. The number of aromatic nitrogens is 2. The van der Waals surface area contributed by atoms with Gasteiger partial charge in [-0.15, -0.1) is 0 Å². The van der Waals surface area contributed by atoms with Crippen LogP contribution in [-0.4, -0.2) is 9.13 Å². The van der Waals surface area contributed by atoms with E-state index in [4.69, 9.17) is 0 Å². The molecule has 0 saturated heterocycles. The molecule has 0 amide bonds. The number of hydrogen-bond donors (Lipinski definition) is 0. The van der Waals surface area contributed by atoms with Crippen molar-refractivity contribution in [2.24, 2.45) is 0 Å². The zero-order valence-electron chi connectivity index (χ0n) is 44.5. The normalized spacial score (nSPS) is 12.2. The highest BCUT2D eigenvalue weighted by atomic mass is 19.4. The third-order valence-corrected chi connectivity index (χ3v) is 15.7. The Morgan fingerprint density at radius 3 is 0.744 bits per heavy atom. The molecule has 0 aliphatic rings. The first-order chi connectivity index (χ1) is 37.2. The highest BCUT2D eigenvalue weighted by Gasteiger charge is 2.39. The zero-order chi connectivity index (χ0) is 54.7. The molecule has 386 valence electrons. The quantitative estimate of drug-likeness (QED) is 0.141. The number of nitrogens with zero attached hydrogens (tertiary/aromatic N) is 2. The van der Waals surface area contributed by atoms with Gasteiger partial charge < -0.3 is 9.13 Å². The Morgan fingerprint density at radius 1 is 0.256 bits per heavy atom. The molecule has 0 unspecified atom stereocenters. The molecule has 8 heteroatoms. The van der Waals surface area contributed by atoms with Crippen LogP contribution in [0.25, 0.3) is 111 Å². The second-order valence-corrected chi connectivity index (χ2v) is 21.3. The van der Waals surface area contributed by atoms with Crippen LogP contribution >= 0.6 is 0 Å². The number of alkyl halides is 6. The SMILES string of the molecule is Cc1ccc(-c2ccc3c(c2)c2cc(-c4ccc(C)cc4C)ccc2n3-c2ccc(C(F)(F)F)c(-c3cc(-n4c5ccc(-c6ccc(C)cc6C)cc5c5cc(-c6ccc(C)cc6C)ccc54)ccc3C(F)(F)F)c2)c(C)c1. The number of fused-ring (bicyclic) bond motifs is 6. The summed E-state index contributed by atoms with van der Waals surface area (Å²) in [7, 11) is 0. The number of benzene rings is 10. The molecule has 0 N–H and O–H groups in total. The highest BCUT2D eigenvalue weighted by molar-refractivity contribution is 6.13. The number of rotatable bonds is 7. The maximum Gasteiger partial charge on any atom is 0.417 e. The number of hydrogen-bond acceptors (Lipinski definition) is 0. The van der Waals surface area contributed by atoms with E-state index < -0.39 is 34.6 Å². The molecular formula is C70H54F6N2.